The van der Waals surface area contributed by atoms with Gasteiger partial charge in [0, 0.05) is 13.1 Å². The fraction of sp³-hybridized carbons (Fsp3) is 0.353. The van der Waals surface area contributed by atoms with E-state index in [1.807, 2.05) is 31.2 Å². The summed E-state index contributed by atoms with van der Waals surface area (Å²) in [5.74, 6) is -0.229. The molecule has 0 unspecified atom stereocenters. The quantitative estimate of drug-likeness (QED) is 0.886. The fourth-order valence-electron chi connectivity index (χ4n) is 2.83. The predicted octanol–water partition coefficient (Wildman–Crippen LogP) is 2.53. The second kappa shape index (κ2) is 7.04. The minimum atomic E-state index is -3.59. The molecule has 5 nitrogen and oxygen atoms in total. The van der Waals surface area contributed by atoms with Crippen LogP contribution in [0.2, 0.25) is 0 Å². The van der Waals surface area contributed by atoms with Crippen LogP contribution in [-0.4, -0.2) is 31.2 Å². The van der Waals surface area contributed by atoms with Gasteiger partial charge in [0.15, 0.2) is 0 Å². The number of carbonyl (C=O) groups excluding carboxylic acids is 1. The van der Waals surface area contributed by atoms with Gasteiger partial charge in [-0.15, -0.1) is 11.3 Å². The number of hydrogen-bond donors (Lipinski definition) is 1. The van der Waals surface area contributed by atoms with Crippen molar-refractivity contribution in [2.75, 3.05) is 6.54 Å². The molecule has 1 amide bonds. The lowest BCUT2D eigenvalue weighted by atomic mass is 10.1. The lowest BCUT2D eigenvalue weighted by Gasteiger charge is -2.22. The van der Waals surface area contributed by atoms with E-state index in [0.29, 0.717) is 30.1 Å². The maximum atomic E-state index is 12.7. The van der Waals surface area contributed by atoms with Crippen LogP contribution in [0.15, 0.2) is 46.0 Å². The molecule has 1 atom stereocenters. The van der Waals surface area contributed by atoms with Crippen molar-refractivity contribution >= 4 is 27.3 Å². The Morgan fingerprint density at radius 2 is 2.04 bits per heavy atom. The average Bonchev–Trinajstić information content (AvgIpc) is 3.25. The van der Waals surface area contributed by atoms with Crippen LogP contribution in [0, 0.1) is 6.92 Å². The van der Waals surface area contributed by atoms with Crippen LogP contribution < -0.4 is 5.32 Å². The number of amides is 1. The molecule has 1 aliphatic rings. The van der Waals surface area contributed by atoms with E-state index in [2.05, 4.69) is 5.32 Å². The number of rotatable bonds is 5. The van der Waals surface area contributed by atoms with Gasteiger partial charge in [0.25, 0.3) is 10.0 Å². The zero-order chi connectivity index (χ0) is 17.2. The Hall–Kier alpha value is -1.70. The largest absolute Gasteiger partial charge is 0.351 e. The van der Waals surface area contributed by atoms with Gasteiger partial charge in [-0.25, -0.2) is 8.42 Å². The van der Waals surface area contributed by atoms with Crippen molar-refractivity contribution in [3.8, 4) is 0 Å². The summed E-state index contributed by atoms with van der Waals surface area (Å²) in [5, 5.41) is 4.60. The Bertz CT molecular complexity index is 799. The normalized spacial score (nSPS) is 18.6. The molecule has 0 spiro atoms. The first-order valence-corrected chi connectivity index (χ1v) is 10.2. The van der Waals surface area contributed by atoms with Gasteiger partial charge in [-0.2, -0.15) is 4.31 Å². The highest BCUT2D eigenvalue weighted by molar-refractivity contribution is 7.91. The molecule has 0 radical (unpaired) electrons. The molecule has 128 valence electrons. The zero-order valence-electron chi connectivity index (χ0n) is 13.4. The average molecular weight is 364 g/mol. The lowest BCUT2D eigenvalue weighted by Crippen LogP contribution is -2.45. The predicted molar refractivity (Wildman–Crippen MR) is 94.3 cm³/mol. The number of aryl methyl sites for hydroxylation is 1. The number of hydrogen-bond acceptors (Lipinski definition) is 4. The van der Waals surface area contributed by atoms with Gasteiger partial charge in [0.05, 0.1) is 0 Å². The third-order valence-corrected chi connectivity index (χ3v) is 7.43. The summed E-state index contributed by atoms with van der Waals surface area (Å²) in [7, 11) is -3.59. The molecule has 0 aliphatic carbocycles. The van der Waals surface area contributed by atoms with Gasteiger partial charge in [0.2, 0.25) is 5.91 Å². The molecule has 1 N–H and O–H groups in total. The summed E-state index contributed by atoms with van der Waals surface area (Å²) in [6.45, 7) is 2.81. The molecule has 1 aromatic carbocycles. The Morgan fingerprint density at radius 1 is 1.29 bits per heavy atom. The van der Waals surface area contributed by atoms with Gasteiger partial charge in [-0.05, 0) is 36.8 Å². The van der Waals surface area contributed by atoms with Gasteiger partial charge < -0.3 is 5.32 Å². The van der Waals surface area contributed by atoms with E-state index in [0.717, 1.165) is 11.1 Å². The van der Waals surface area contributed by atoms with Gasteiger partial charge in [0.1, 0.15) is 10.3 Å². The second-order valence-electron chi connectivity index (χ2n) is 5.91. The molecule has 3 rings (SSSR count). The first-order valence-electron chi connectivity index (χ1n) is 7.87. The van der Waals surface area contributed by atoms with Crippen LogP contribution >= 0.6 is 11.3 Å². The third kappa shape index (κ3) is 3.53. The molecular weight excluding hydrogens is 344 g/mol. The van der Waals surface area contributed by atoms with E-state index in [1.165, 1.54) is 15.6 Å². The van der Waals surface area contributed by atoms with E-state index < -0.39 is 16.1 Å². The lowest BCUT2D eigenvalue weighted by molar-refractivity contribution is -0.124. The zero-order valence-corrected chi connectivity index (χ0v) is 15.1. The van der Waals surface area contributed by atoms with Crippen LogP contribution in [0.25, 0.3) is 0 Å². The topological polar surface area (TPSA) is 66.5 Å². The van der Waals surface area contributed by atoms with Crippen LogP contribution in [-0.2, 0) is 21.4 Å². The molecule has 0 saturated carbocycles. The molecule has 7 heteroatoms. The maximum absolute atomic E-state index is 12.7. The number of nitrogens with zero attached hydrogens (tertiary/aromatic N) is 1. The summed E-state index contributed by atoms with van der Waals surface area (Å²) in [6, 6.07) is 10.6. The summed E-state index contributed by atoms with van der Waals surface area (Å²) >= 11 is 1.18. The molecule has 24 heavy (non-hydrogen) atoms. The SMILES string of the molecule is Cc1ccc(CNC(=O)[C@@H]2CCCN2S(=O)(=O)c2cccs2)cc1. The van der Waals surface area contributed by atoms with E-state index in [-0.39, 0.29) is 5.91 Å². The van der Waals surface area contributed by atoms with Gasteiger partial charge in [-0.1, -0.05) is 35.9 Å². The number of carbonyl (C=O) groups is 1. The minimum Gasteiger partial charge on any atom is -0.351 e. The summed E-state index contributed by atoms with van der Waals surface area (Å²) < 4.78 is 27.0. The second-order valence-corrected chi connectivity index (χ2v) is 8.97. The first kappa shape index (κ1) is 17.1. The van der Waals surface area contributed by atoms with Crippen molar-refractivity contribution in [1.82, 2.24) is 9.62 Å². The molecule has 2 heterocycles. The number of nitrogens with one attached hydrogen (secondary N) is 1. The van der Waals surface area contributed by atoms with Crippen LogP contribution in [0.1, 0.15) is 24.0 Å². The fourth-order valence-corrected chi connectivity index (χ4v) is 5.60. The maximum Gasteiger partial charge on any atom is 0.253 e. The molecular formula is C17H20N2O3S2. The minimum absolute atomic E-state index is 0.229. The highest BCUT2D eigenvalue weighted by Gasteiger charge is 2.39. The van der Waals surface area contributed by atoms with E-state index >= 15 is 0 Å². The smallest absolute Gasteiger partial charge is 0.253 e. The van der Waals surface area contributed by atoms with Crippen molar-refractivity contribution in [1.29, 1.82) is 0 Å². The van der Waals surface area contributed by atoms with E-state index in [4.69, 9.17) is 0 Å². The number of sulfonamides is 1. The van der Waals surface area contributed by atoms with Crippen molar-refractivity contribution < 1.29 is 13.2 Å². The highest BCUT2D eigenvalue weighted by atomic mass is 32.2. The van der Waals surface area contributed by atoms with Crippen molar-refractivity contribution in [3.63, 3.8) is 0 Å². The Balaban J connectivity index is 1.69. The van der Waals surface area contributed by atoms with Gasteiger partial charge in [-0.3, -0.25) is 4.79 Å². The Kier molecular flexibility index (Phi) is 5.03. The van der Waals surface area contributed by atoms with Gasteiger partial charge >= 0.3 is 0 Å². The van der Waals surface area contributed by atoms with Crippen molar-refractivity contribution in [2.24, 2.45) is 0 Å². The van der Waals surface area contributed by atoms with Crippen molar-refractivity contribution in [3.05, 3.63) is 52.9 Å². The molecule has 1 aromatic heterocycles. The summed E-state index contributed by atoms with van der Waals surface area (Å²) in [5.41, 5.74) is 2.16. The standard InChI is InChI=1S/C17H20N2O3S2/c1-13-6-8-14(9-7-13)12-18-17(20)15-4-2-10-19(15)24(21,22)16-5-3-11-23-16/h3,5-9,11,15H,2,4,10,12H2,1H3,(H,18,20)/t15-/m0/s1. The first-order chi connectivity index (χ1) is 11.5. The summed E-state index contributed by atoms with van der Waals surface area (Å²) in [6.07, 6.45) is 1.26. The molecule has 2 aromatic rings. The summed E-state index contributed by atoms with van der Waals surface area (Å²) in [4.78, 5) is 12.5. The molecule has 0 bridgehead atoms. The van der Waals surface area contributed by atoms with Crippen molar-refractivity contribution in [2.45, 2.75) is 36.6 Å². The molecule has 1 fully saturated rings. The molecule has 1 aliphatic heterocycles. The third-order valence-electron chi connectivity index (χ3n) is 4.15. The van der Waals surface area contributed by atoms with E-state index in [1.54, 1.807) is 17.5 Å². The highest BCUT2D eigenvalue weighted by Crippen LogP contribution is 2.28. The number of thiophene rings is 1. The molecule has 1 saturated heterocycles. The van der Waals surface area contributed by atoms with Crippen LogP contribution in [0.5, 0.6) is 0 Å². The van der Waals surface area contributed by atoms with Crippen LogP contribution in [0.3, 0.4) is 0 Å². The van der Waals surface area contributed by atoms with Crippen LogP contribution in [0.4, 0.5) is 0 Å². The Morgan fingerprint density at radius 3 is 2.71 bits per heavy atom. The van der Waals surface area contributed by atoms with E-state index in [9.17, 15) is 13.2 Å². The number of benzene rings is 1. The Labute approximate surface area is 146 Å². The monoisotopic (exact) mass is 364 g/mol.